The van der Waals surface area contributed by atoms with E-state index in [0.29, 0.717) is 34.3 Å². The highest BCUT2D eigenvalue weighted by atomic mass is 35.5. The molecule has 0 atom stereocenters. The van der Waals surface area contributed by atoms with E-state index in [1.807, 2.05) is 13.8 Å². The summed E-state index contributed by atoms with van der Waals surface area (Å²) in [5.74, 6) is -1.10. The second-order valence-corrected chi connectivity index (χ2v) is 7.55. The van der Waals surface area contributed by atoms with Gasteiger partial charge in [-0.25, -0.2) is 9.29 Å². The minimum atomic E-state index is -0.541. The molecule has 162 valence electrons. The number of nitrogens with zero attached hydrogens (tertiary/aromatic N) is 1. The molecule has 0 fully saturated rings. The van der Waals surface area contributed by atoms with Crippen LogP contribution in [0.4, 0.5) is 15.8 Å². The molecule has 0 radical (unpaired) electrons. The fourth-order valence-corrected chi connectivity index (χ4v) is 3.72. The van der Waals surface area contributed by atoms with Gasteiger partial charge in [0.2, 0.25) is 0 Å². The monoisotopic (exact) mass is 450 g/mol. The number of amides is 2. The lowest BCUT2D eigenvalue weighted by Gasteiger charge is -2.19. The molecule has 0 aromatic heterocycles. The molecule has 1 aliphatic rings. The third kappa shape index (κ3) is 3.85. The van der Waals surface area contributed by atoms with Crippen molar-refractivity contribution in [2.24, 2.45) is 0 Å². The first-order valence-corrected chi connectivity index (χ1v) is 10.4. The Kier molecular flexibility index (Phi) is 5.97. The number of benzene rings is 3. The number of ether oxygens (including phenoxy) is 1. The molecule has 1 heterocycles. The van der Waals surface area contributed by atoms with Gasteiger partial charge < -0.3 is 10.1 Å². The molecule has 4 rings (SSSR count). The van der Waals surface area contributed by atoms with E-state index >= 15 is 0 Å². The molecule has 32 heavy (non-hydrogen) atoms. The SMILES string of the molecule is CCOc1ccccc1N1C(=O)C(Nc2cccc(Cl)c2C)=C(c2ccc(F)cc2)C1=O. The number of para-hydroxylation sites is 2. The van der Waals surface area contributed by atoms with Gasteiger partial charge in [0.25, 0.3) is 11.8 Å². The highest BCUT2D eigenvalue weighted by molar-refractivity contribution is 6.46. The highest BCUT2D eigenvalue weighted by Gasteiger charge is 2.41. The third-order valence-electron chi connectivity index (χ3n) is 5.15. The molecule has 0 unspecified atom stereocenters. The van der Waals surface area contributed by atoms with E-state index in [2.05, 4.69) is 5.32 Å². The van der Waals surface area contributed by atoms with E-state index in [4.69, 9.17) is 16.3 Å². The molecule has 0 bridgehead atoms. The van der Waals surface area contributed by atoms with Gasteiger partial charge >= 0.3 is 0 Å². The molecule has 1 N–H and O–H groups in total. The van der Waals surface area contributed by atoms with Crippen LogP contribution in [0.2, 0.25) is 5.02 Å². The lowest BCUT2D eigenvalue weighted by Crippen LogP contribution is -2.32. The molecule has 3 aromatic carbocycles. The Morgan fingerprint density at radius 3 is 2.41 bits per heavy atom. The molecule has 7 heteroatoms. The Hall–Kier alpha value is -3.64. The van der Waals surface area contributed by atoms with Crippen LogP contribution in [0.1, 0.15) is 18.1 Å². The minimum Gasteiger partial charge on any atom is -0.492 e. The van der Waals surface area contributed by atoms with Crippen LogP contribution in [0.5, 0.6) is 5.75 Å². The van der Waals surface area contributed by atoms with Crippen LogP contribution in [0.15, 0.2) is 72.4 Å². The molecule has 1 aliphatic heterocycles. The number of imide groups is 1. The number of hydrogen-bond acceptors (Lipinski definition) is 4. The molecule has 3 aromatic rings. The normalized spacial score (nSPS) is 13.7. The van der Waals surface area contributed by atoms with Crippen LogP contribution in [0, 0.1) is 12.7 Å². The summed E-state index contributed by atoms with van der Waals surface area (Å²) >= 11 is 6.24. The first kappa shape index (κ1) is 21.6. The lowest BCUT2D eigenvalue weighted by atomic mass is 10.0. The standard InChI is InChI=1S/C25H20ClFN2O3/c1-3-32-21-10-5-4-9-20(21)29-24(30)22(16-11-13-17(27)14-12-16)23(25(29)31)28-19-8-6-7-18(26)15(19)2/h4-14,28H,3H2,1-2H3. The van der Waals surface area contributed by atoms with Gasteiger partial charge in [-0.05, 0) is 61.4 Å². The first-order valence-electron chi connectivity index (χ1n) is 10.0. The maximum Gasteiger partial charge on any atom is 0.282 e. The van der Waals surface area contributed by atoms with Crippen LogP contribution < -0.4 is 15.0 Å². The molecule has 0 aliphatic carbocycles. The van der Waals surface area contributed by atoms with Crippen LogP contribution in [-0.2, 0) is 9.59 Å². The largest absolute Gasteiger partial charge is 0.492 e. The third-order valence-corrected chi connectivity index (χ3v) is 5.56. The van der Waals surface area contributed by atoms with Crippen molar-refractivity contribution < 1.29 is 18.7 Å². The van der Waals surface area contributed by atoms with Crippen LogP contribution in [0.3, 0.4) is 0 Å². The van der Waals surface area contributed by atoms with E-state index in [-0.39, 0.29) is 11.3 Å². The van der Waals surface area contributed by atoms with Crippen molar-refractivity contribution in [2.45, 2.75) is 13.8 Å². The quantitative estimate of drug-likeness (QED) is 0.498. The zero-order chi connectivity index (χ0) is 22.8. The Morgan fingerprint density at radius 1 is 0.969 bits per heavy atom. The molecule has 2 amide bonds. The fourth-order valence-electron chi connectivity index (χ4n) is 3.55. The van der Waals surface area contributed by atoms with Crippen molar-refractivity contribution in [1.29, 1.82) is 0 Å². The summed E-state index contributed by atoms with van der Waals surface area (Å²) < 4.78 is 19.2. The zero-order valence-electron chi connectivity index (χ0n) is 17.5. The Morgan fingerprint density at radius 2 is 1.69 bits per heavy atom. The van der Waals surface area contributed by atoms with Gasteiger partial charge in [-0.1, -0.05) is 41.9 Å². The van der Waals surface area contributed by atoms with E-state index in [1.54, 1.807) is 42.5 Å². The summed E-state index contributed by atoms with van der Waals surface area (Å²) in [6, 6.07) is 17.5. The van der Waals surface area contributed by atoms with E-state index in [1.165, 1.54) is 24.3 Å². The number of nitrogens with one attached hydrogen (secondary N) is 1. The Bertz CT molecular complexity index is 1240. The maximum absolute atomic E-state index is 13.5. The zero-order valence-corrected chi connectivity index (χ0v) is 18.2. The van der Waals surface area contributed by atoms with Crippen LogP contribution in [-0.4, -0.2) is 18.4 Å². The van der Waals surface area contributed by atoms with Gasteiger partial charge in [0.15, 0.2) is 0 Å². The van der Waals surface area contributed by atoms with E-state index in [0.717, 1.165) is 10.5 Å². The van der Waals surface area contributed by atoms with E-state index < -0.39 is 17.6 Å². The Balaban J connectivity index is 1.86. The summed E-state index contributed by atoms with van der Waals surface area (Å²) in [5.41, 5.74) is 2.30. The summed E-state index contributed by atoms with van der Waals surface area (Å²) in [4.78, 5) is 28.2. The van der Waals surface area contributed by atoms with Gasteiger partial charge in [0.05, 0.1) is 17.9 Å². The van der Waals surface area contributed by atoms with Crippen molar-refractivity contribution in [3.8, 4) is 5.75 Å². The van der Waals surface area contributed by atoms with Gasteiger partial charge in [-0.3, -0.25) is 9.59 Å². The molecule has 0 saturated heterocycles. The highest BCUT2D eigenvalue weighted by Crippen LogP contribution is 2.38. The molecular formula is C25H20ClFN2O3. The van der Waals surface area contributed by atoms with Crippen molar-refractivity contribution in [1.82, 2.24) is 0 Å². The van der Waals surface area contributed by atoms with E-state index in [9.17, 15) is 14.0 Å². The topological polar surface area (TPSA) is 58.6 Å². The summed E-state index contributed by atoms with van der Waals surface area (Å²) in [6.45, 7) is 4.01. The van der Waals surface area contributed by atoms with Crippen LogP contribution in [0.25, 0.3) is 5.57 Å². The smallest absolute Gasteiger partial charge is 0.282 e. The minimum absolute atomic E-state index is 0.0817. The average Bonchev–Trinajstić information content (AvgIpc) is 3.02. The summed E-state index contributed by atoms with van der Waals surface area (Å²) in [5, 5.41) is 3.62. The van der Waals surface area contributed by atoms with Crippen molar-refractivity contribution in [3.63, 3.8) is 0 Å². The maximum atomic E-state index is 13.5. The lowest BCUT2D eigenvalue weighted by molar-refractivity contribution is -0.120. The second kappa shape index (κ2) is 8.85. The van der Waals surface area contributed by atoms with Gasteiger partial charge in [0, 0.05) is 10.7 Å². The van der Waals surface area contributed by atoms with Crippen LogP contribution >= 0.6 is 11.6 Å². The molecule has 5 nitrogen and oxygen atoms in total. The average molecular weight is 451 g/mol. The number of halogens is 2. The predicted molar refractivity (Wildman–Crippen MR) is 123 cm³/mol. The van der Waals surface area contributed by atoms with Gasteiger partial charge in [-0.15, -0.1) is 0 Å². The number of carbonyl (C=O) groups excluding carboxylic acids is 2. The van der Waals surface area contributed by atoms with Gasteiger partial charge in [0.1, 0.15) is 17.3 Å². The van der Waals surface area contributed by atoms with Gasteiger partial charge in [-0.2, -0.15) is 0 Å². The number of anilines is 2. The molecule has 0 spiro atoms. The molecular weight excluding hydrogens is 431 g/mol. The van der Waals surface area contributed by atoms with Crippen molar-refractivity contribution >= 4 is 40.4 Å². The predicted octanol–water partition coefficient (Wildman–Crippen LogP) is 5.58. The molecule has 0 saturated carbocycles. The fraction of sp³-hybridized carbons (Fsp3) is 0.120. The summed E-state index contributed by atoms with van der Waals surface area (Å²) in [6.07, 6.45) is 0. The number of carbonyl (C=O) groups is 2. The number of hydrogen-bond donors (Lipinski definition) is 1. The Labute approximate surface area is 190 Å². The second-order valence-electron chi connectivity index (χ2n) is 7.14. The van der Waals surface area contributed by atoms with Crippen molar-refractivity contribution in [2.75, 3.05) is 16.8 Å². The number of rotatable bonds is 6. The summed E-state index contributed by atoms with van der Waals surface area (Å²) in [7, 11) is 0. The first-order chi connectivity index (χ1) is 15.4. The van der Waals surface area contributed by atoms with Crippen molar-refractivity contribution in [3.05, 3.63) is 94.4 Å².